The zero-order valence-corrected chi connectivity index (χ0v) is 27.5. The van der Waals surface area contributed by atoms with E-state index >= 15 is 0 Å². The predicted octanol–water partition coefficient (Wildman–Crippen LogP) is 8.47. The van der Waals surface area contributed by atoms with Crippen LogP contribution in [0.4, 0.5) is 0 Å². The molecule has 4 aliphatic heterocycles. The highest BCUT2D eigenvalue weighted by atomic mass is 79.9. The number of phenolic OH excluding ortho intramolecular Hbond substituents is 1. The summed E-state index contributed by atoms with van der Waals surface area (Å²) in [6, 6.07) is 27.4. The van der Waals surface area contributed by atoms with Crippen molar-refractivity contribution in [1.82, 2.24) is 14.8 Å². The number of rotatable bonds is 4. The molecule has 4 saturated heterocycles. The van der Waals surface area contributed by atoms with Gasteiger partial charge in [-0.25, -0.2) is 0 Å². The van der Waals surface area contributed by atoms with E-state index in [1.54, 1.807) is 12.1 Å². The Morgan fingerprint density at radius 1 is 0.711 bits per heavy atom. The average molecular weight is 669 g/mol. The van der Waals surface area contributed by atoms with Crippen LogP contribution in [0.3, 0.4) is 0 Å². The molecule has 1 aromatic heterocycles. The maximum absolute atomic E-state index is 13.5. The molecule has 0 bridgehead atoms. The van der Waals surface area contributed by atoms with Crippen LogP contribution in [-0.4, -0.2) is 43.8 Å². The van der Waals surface area contributed by atoms with Crippen molar-refractivity contribution in [3.8, 4) is 5.75 Å². The topological polar surface area (TPSA) is 76.6 Å². The molecule has 7 heteroatoms. The highest BCUT2D eigenvalue weighted by molar-refractivity contribution is 9.10. The van der Waals surface area contributed by atoms with Crippen LogP contribution >= 0.6 is 15.9 Å². The minimum atomic E-state index is 0.0180. The second-order valence-corrected chi connectivity index (χ2v) is 14.2. The normalized spacial score (nSPS) is 27.7. The number of hydrogen-bond acceptors (Lipinski definition) is 3. The third kappa shape index (κ3) is 5.80. The molecule has 2 N–H and O–H groups in total. The molecule has 4 aliphatic rings. The summed E-state index contributed by atoms with van der Waals surface area (Å²) in [6.45, 7) is 2.07. The van der Waals surface area contributed by atoms with Crippen molar-refractivity contribution in [2.75, 3.05) is 0 Å². The van der Waals surface area contributed by atoms with E-state index in [0.29, 0.717) is 24.0 Å². The van der Waals surface area contributed by atoms with Gasteiger partial charge in [-0.3, -0.25) is 9.59 Å². The van der Waals surface area contributed by atoms with Crippen molar-refractivity contribution in [3.63, 3.8) is 0 Å². The Kier molecular flexibility index (Phi) is 8.47. The SMILES string of the molecule is CC1CCC2CCC(c3ccccc3)N2C1=O.O=C1C(Cc2c(Br)[nH]c3ccccc23)CCC2CCC(c3ccc(O)cc3)N12. The lowest BCUT2D eigenvalue weighted by Crippen LogP contribution is -2.46. The number of carbonyl (C=O) groups is 2. The van der Waals surface area contributed by atoms with Crippen LogP contribution in [0, 0.1) is 11.8 Å². The molecule has 2 amide bonds. The first-order valence-electron chi connectivity index (χ1n) is 16.6. The molecule has 45 heavy (non-hydrogen) atoms. The van der Waals surface area contributed by atoms with Crippen LogP contribution in [0.25, 0.3) is 10.9 Å². The van der Waals surface area contributed by atoms with Crippen molar-refractivity contribution in [3.05, 3.63) is 100 Å². The van der Waals surface area contributed by atoms with Crippen molar-refractivity contribution in [1.29, 1.82) is 0 Å². The van der Waals surface area contributed by atoms with E-state index in [-0.39, 0.29) is 29.5 Å². The van der Waals surface area contributed by atoms with Gasteiger partial charge >= 0.3 is 0 Å². The summed E-state index contributed by atoms with van der Waals surface area (Å²) < 4.78 is 0.986. The Labute approximate surface area is 273 Å². The van der Waals surface area contributed by atoms with E-state index in [0.717, 1.165) is 60.6 Å². The molecule has 234 valence electrons. The number of nitrogens with one attached hydrogen (secondary N) is 1. The van der Waals surface area contributed by atoms with Crippen molar-refractivity contribution >= 4 is 38.6 Å². The highest BCUT2D eigenvalue weighted by Crippen LogP contribution is 2.44. The van der Waals surface area contributed by atoms with E-state index in [2.05, 4.69) is 74.0 Å². The molecule has 6 nitrogen and oxygen atoms in total. The van der Waals surface area contributed by atoms with Crippen LogP contribution in [0.5, 0.6) is 5.75 Å². The molecule has 4 fully saturated rings. The van der Waals surface area contributed by atoms with Crippen LogP contribution in [0.1, 0.15) is 87.1 Å². The van der Waals surface area contributed by atoms with E-state index in [1.807, 2.05) is 30.3 Å². The number of piperidine rings is 2. The van der Waals surface area contributed by atoms with E-state index in [9.17, 15) is 14.7 Å². The van der Waals surface area contributed by atoms with Gasteiger partial charge in [0.05, 0.1) is 16.7 Å². The summed E-state index contributed by atoms with van der Waals surface area (Å²) in [5.74, 6) is 1.15. The largest absolute Gasteiger partial charge is 0.508 e. The third-order valence-electron chi connectivity index (χ3n) is 10.7. The van der Waals surface area contributed by atoms with E-state index in [1.165, 1.54) is 29.4 Å². The number of hydrogen-bond donors (Lipinski definition) is 2. The maximum atomic E-state index is 13.5. The smallest absolute Gasteiger partial charge is 0.226 e. The number of nitrogens with zero attached hydrogens (tertiary/aromatic N) is 2. The molecular weight excluding hydrogens is 626 g/mol. The zero-order chi connectivity index (χ0) is 31.1. The number of phenols is 1. The third-order valence-corrected chi connectivity index (χ3v) is 11.4. The molecule has 3 aromatic carbocycles. The fourth-order valence-electron chi connectivity index (χ4n) is 8.38. The van der Waals surface area contributed by atoms with Crippen LogP contribution < -0.4 is 0 Å². The Morgan fingerprint density at radius 3 is 2.00 bits per heavy atom. The van der Waals surface area contributed by atoms with Gasteiger partial charge in [0.1, 0.15) is 5.75 Å². The summed E-state index contributed by atoms with van der Waals surface area (Å²) in [5.41, 5.74) is 4.74. The molecule has 0 spiro atoms. The van der Waals surface area contributed by atoms with Gasteiger partial charge in [0.15, 0.2) is 0 Å². The van der Waals surface area contributed by atoms with Crippen LogP contribution in [-0.2, 0) is 16.0 Å². The Balaban J connectivity index is 0.000000163. The minimum Gasteiger partial charge on any atom is -0.508 e. The zero-order valence-electron chi connectivity index (χ0n) is 25.9. The van der Waals surface area contributed by atoms with E-state index in [4.69, 9.17) is 0 Å². The fourth-order valence-corrected chi connectivity index (χ4v) is 8.97. The van der Waals surface area contributed by atoms with Crippen LogP contribution in [0.2, 0.25) is 0 Å². The lowest BCUT2D eigenvalue weighted by molar-refractivity contribution is -0.142. The standard InChI is InChI=1S/C23H23BrN2O2.C15H19NO/c24-22-19(18-3-1-2-4-20(18)25-22)13-15-5-8-16-9-12-21(26(16)23(15)28)14-6-10-17(27)11-7-14;1-11-7-8-13-9-10-14(16(13)15(11)17)12-5-3-2-4-6-12/h1-4,6-7,10-11,15-16,21,25,27H,5,8-9,12-13H2;2-6,11,13-14H,7-10H2,1H3. The van der Waals surface area contributed by atoms with Gasteiger partial charge in [0, 0.05) is 34.8 Å². The number of halogens is 1. The molecule has 6 atom stereocenters. The molecule has 0 saturated carbocycles. The molecular formula is C38H42BrN3O3. The number of para-hydroxylation sites is 1. The lowest BCUT2D eigenvalue weighted by Gasteiger charge is -2.38. The monoisotopic (exact) mass is 667 g/mol. The first kappa shape index (κ1) is 30.1. The fraction of sp³-hybridized carbons (Fsp3) is 0.421. The summed E-state index contributed by atoms with van der Waals surface area (Å²) in [7, 11) is 0. The van der Waals surface area contributed by atoms with Gasteiger partial charge < -0.3 is 19.9 Å². The van der Waals surface area contributed by atoms with Gasteiger partial charge in [-0.15, -0.1) is 0 Å². The van der Waals surface area contributed by atoms with Crippen molar-refractivity contribution in [2.24, 2.45) is 11.8 Å². The average Bonchev–Trinajstić information content (AvgIpc) is 3.77. The second-order valence-electron chi connectivity index (χ2n) is 13.4. The molecule has 8 rings (SSSR count). The number of benzene rings is 3. The number of H-pyrrole nitrogens is 1. The summed E-state index contributed by atoms with van der Waals surface area (Å²) in [5, 5.41) is 10.8. The molecule has 6 unspecified atom stereocenters. The lowest BCUT2D eigenvalue weighted by atomic mass is 9.87. The van der Waals surface area contributed by atoms with Gasteiger partial charge in [0.2, 0.25) is 11.8 Å². The van der Waals surface area contributed by atoms with Crippen molar-refractivity contribution in [2.45, 2.75) is 88.9 Å². The summed E-state index contributed by atoms with van der Waals surface area (Å²) in [4.78, 5) is 33.5. The highest BCUT2D eigenvalue weighted by Gasteiger charge is 2.44. The molecule has 5 heterocycles. The molecule has 0 radical (unpaired) electrons. The second kappa shape index (κ2) is 12.7. The number of amides is 2. The molecule has 0 aliphatic carbocycles. The first-order chi connectivity index (χ1) is 21.9. The summed E-state index contributed by atoms with van der Waals surface area (Å²) >= 11 is 3.66. The maximum Gasteiger partial charge on any atom is 0.226 e. The van der Waals surface area contributed by atoms with Crippen molar-refractivity contribution < 1.29 is 14.7 Å². The minimum absolute atomic E-state index is 0.0180. The number of aromatic hydroxyl groups is 1. The molecule has 4 aromatic rings. The number of carbonyl (C=O) groups excluding carboxylic acids is 2. The number of aromatic amines is 1. The Bertz CT molecular complexity index is 1670. The summed E-state index contributed by atoms with van der Waals surface area (Å²) in [6.07, 6.45) is 9.43. The first-order valence-corrected chi connectivity index (χ1v) is 17.4. The van der Waals surface area contributed by atoms with E-state index < -0.39 is 0 Å². The van der Waals surface area contributed by atoms with Gasteiger partial charge in [0.25, 0.3) is 0 Å². The number of fused-ring (bicyclic) bond motifs is 3. The predicted molar refractivity (Wildman–Crippen MR) is 181 cm³/mol. The van der Waals surface area contributed by atoms with Gasteiger partial charge in [-0.05, 0) is 109 Å². The Hall–Kier alpha value is -3.58. The number of aromatic nitrogens is 1. The van der Waals surface area contributed by atoms with Gasteiger partial charge in [-0.1, -0.05) is 67.6 Å². The van der Waals surface area contributed by atoms with Crippen LogP contribution in [0.15, 0.2) is 83.5 Å². The van der Waals surface area contributed by atoms with Gasteiger partial charge in [-0.2, -0.15) is 0 Å². The Morgan fingerprint density at radius 2 is 1.29 bits per heavy atom. The quantitative estimate of drug-likeness (QED) is 0.229.